The number of nitrogens with zero attached hydrogens (tertiary/aromatic N) is 1. The van der Waals surface area contributed by atoms with Gasteiger partial charge in [0.05, 0.1) is 10.5 Å². The monoisotopic (exact) mass is 339 g/mol. The fourth-order valence-electron chi connectivity index (χ4n) is 1.76. The predicted octanol–water partition coefficient (Wildman–Crippen LogP) is 4.21. The molecule has 0 unspecified atom stereocenters. The van der Waals surface area contributed by atoms with Gasteiger partial charge in [0.2, 0.25) is 0 Å². The van der Waals surface area contributed by atoms with Gasteiger partial charge in [0.1, 0.15) is 18.2 Å². The van der Waals surface area contributed by atoms with Gasteiger partial charge < -0.3 is 4.74 Å². The van der Waals surface area contributed by atoms with Gasteiger partial charge in [-0.05, 0) is 18.2 Å². The topological polar surface area (TPSA) is 52.4 Å². The first-order chi connectivity index (χ1) is 9.61. The van der Waals surface area contributed by atoms with Crippen LogP contribution in [-0.2, 0) is 11.9 Å². The summed E-state index contributed by atoms with van der Waals surface area (Å²) in [6, 6.07) is 10.6. The standard InChI is InChI=1S/C14H11BrFNO3/c15-8-10-3-1-2-4-14(10)20-9-11-7-12(16)5-6-13(11)17(18)19/h1-7H,8-9H2. The summed E-state index contributed by atoms with van der Waals surface area (Å²) in [5.41, 5.74) is 0.980. The molecule has 0 aromatic heterocycles. The van der Waals surface area contributed by atoms with E-state index in [2.05, 4.69) is 15.9 Å². The molecule has 0 fully saturated rings. The number of ether oxygens (including phenoxy) is 1. The SMILES string of the molecule is O=[N+]([O-])c1ccc(F)cc1COc1ccccc1CBr. The Kier molecular flexibility index (Phi) is 4.68. The zero-order chi connectivity index (χ0) is 14.5. The summed E-state index contributed by atoms with van der Waals surface area (Å²) in [7, 11) is 0. The maximum atomic E-state index is 13.2. The van der Waals surface area contributed by atoms with E-state index in [1.165, 1.54) is 0 Å². The lowest BCUT2D eigenvalue weighted by Crippen LogP contribution is -2.02. The highest BCUT2D eigenvalue weighted by Gasteiger charge is 2.15. The number of rotatable bonds is 5. The van der Waals surface area contributed by atoms with Gasteiger partial charge in [0.25, 0.3) is 5.69 Å². The Morgan fingerprint density at radius 3 is 2.65 bits per heavy atom. The van der Waals surface area contributed by atoms with Crippen LogP contribution in [0.3, 0.4) is 0 Å². The van der Waals surface area contributed by atoms with Crippen LogP contribution in [0.5, 0.6) is 5.75 Å². The smallest absolute Gasteiger partial charge is 0.276 e. The zero-order valence-electron chi connectivity index (χ0n) is 10.4. The van der Waals surface area contributed by atoms with Crippen LogP contribution >= 0.6 is 15.9 Å². The Balaban J connectivity index is 2.22. The lowest BCUT2D eigenvalue weighted by atomic mass is 10.2. The number of alkyl halides is 1. The summed E-state index contributed by atoms with van der Waals surface area (Å²) in [5, 5.41) is 11.5. The number of benzene rings is 2. The molecule has 0 aliphatic rings. The van der Waals surface area contributed by atoms with E-state index in [1.54, 1.807) is 6.07 Å². The number of halogens is 2. The molecule has 0 saturated carbocycles. The Bertz CT molecular complexity index is 634. The van der Waals surface area contributed by atoms with Crippen LogP contribution in [0.15, 0.2) is 42.5 Å². The van der Waals surface area contributed by atoms with Crippen LogP contribution in [0.1, 0.15) is 11.1 Å². The second-order valence-electron chi connectivity index (χ2n) is 4.06. The normalized spacial score (nSPS) is 10.3. The van der Waals surface area contributed by atoms with E-state index in [1.807, 2.05) is 18.2 Å². The molecule has 104 valence electrons. The molecule has 0 radical (unpaired) electrons. The molecular weight excluding hydrogens is 329 g/mol. The third-order valence-corrected chi connectivity index (χ3v) is 3.34. The molecule has 0 aliphatic carbocycles. The van der Waals surface area contributed by atoms with Crippen LogP contribution in [0.2, 0.25) is 0 Å². The van der Waals surface area contributed by atoms with E-state index in [0.29, 0.717) is 11.1 Å². The maximum Gasteiger partial charge on any atom is 0.276 e. The molecule has 0 bridgehead atoms. The first-order valence-electron chi connectivity index (χ1n) is 5.81. The van der Waals surface area contributed by atoms with E-state index in [-0.39, 0.29) is 17.9 Å². The van der Waals surface area contributed by atoms with Crippen molar-refractivity contribution < 1.29 is 14.1 Å². The molecule has 0 spiro atoms. The molecule has 0 aliphatic heterocycles. The van der Waals surface area contributed by atoms with Crippen molar-refractivity contribution in [3.63, 3.8) is 0 Å². The maximum absolute atomic E-state index is 13.2. The van der Waals surface area contributed by atoms with Crippen molar-refractivity contribution in [1.29, 1.82) is 0 Å². The second-order valence-corrected chi connectivity index (χ2v) is 4.62. The quantitative estimate of drug-likeness (QED) is 0.465. The molecule has 0 saturated heterocycles. The molecule has 0 amide bonds. The summed E-state index contributed by atoms with van der Waals surface area (Å²) < 4.78 is 18.8. The molecule has 2 aromatic carbocycles. The molecule has 20 heavy (non-hydrogen) atoms. The van der Waals surface area contributed by atoms with Gasteiger partial charge in [-0.1, -0.05) is 34.1 Å². The summed E-state index contributed by atoms with van der Waals surface area (Å²) >= 11 is 3.34. The molecule has 0 N–H and O–H groups in total. The van der Waals surface area contributed by atoms with E-state index < -0.39 is 10.7 Å². The molecule has 2 rings (SSSR count). The van der Waals surface area contributed by atoms with Crippen LogP contribution in [0.25, 0.3) is 0 Å². The minimum absolute atomic E-state index is 0.0575. The lowest BCUT2D eigenvalue weighted by Gasteiger charge is -2.10. The Morgan fingerprint density at radius 2 is 1.95 bits per heavy atom. The Labute approximate surface area is 123 Å². The van der Waals surface area contributed by atoms with Crippen LogP contribution < -0.4 is 4.74 Å². The first kappa shape index (κ1) is 14.5. The molecule has 2 aromatic rings. The molecule has 0 atom stereocenters. The fourth-order valence-corrected chi connectivity index (χ4v) is 2.22. The van der Waals surface area contributed by atoms with Gasteiger partial charge in [-0.25, -0.2) is 4.39 Å². The van der Waals surface area contributed by atoms with Crippen molar-refractivity contribution in [2.75, 3.05) is 0 Å². The minimum Gasteiger partial charge on any atom is -0.488 e. The van der Waals surface area contributed by atoms with E-state index in [4.69, 9.17) is 4.74 Å². The second kappa shape index (κ2) is 6.47. The fraction of sp³-hybridized carbons (Fsp3) is 0.143. The predicted molar refractivity (Wildman–Crippen MR) is 76.5 cm³/mol. The summed E-state index contributed by atoms with van der Waals surface area (Å²) in [6.07, 6.45) is 0. The van der Waals surface area contributed by atoms with Crippen molar-refractivity contribution in [1.82, 2.24) is 0 Å². The Morgan fingerprint density at radius 1 is 1.20 bits per heavy atom. The van der Waals surface area contributed by atoms with E-state index in [0.717, 1.165) is 23.8 Å². The van der Waals surface area contributed by atoms with Gasteiger partial charge in [-0.2, -0.15) is 0 Å². The van der Waals surface area contributed by atoms with Gasteiger partial charge in [-0.15, -0.1) is 0 Å². The average molecular weight is 340 g/mol. The number of hydrogen-bond acceptors (Lipinski definition) is 3. The summed E-state index contributed by atoms with van der Waals surface area (Å²) in [4.78, 5) is 10.3. The number of nitro groups is 1. The first-order valence-corrected chi connectivity index (χ1v) is 6.93. The number of nitro benzene ring substituents is 1. The number of para-hydroxylation sites is 1. The molecule has 0 heterocycles. The van der Waals surface area contributed by atoms with Crippen molar-refractivity contribution in [2.45, 2.75) is 11.9 Å². The minimum atomic E-state index is -0.547. The van der Waals surface area contributed by atoms with Gasteiger partial charge in [0, 0.05) is 17.0 Å². The van der Waals surface area contributed by atoms with E-state index >= 15 is 0 Å². The average Bonchev–Trinajstić information content (AvgIpc) is 2.45. The summed E-state index contributed by atoms with van der Waals surface area (Å²) in [5.74, 6) is 0.0888. The zero-order valence-corrected chi connectivity index (χ0v) is 12.0. The van der Waals surface area contributed by atoms with Gasteiger partial charge in [0.15, 0.2) is 0 Å². The van der Waals surface area contributed by atoms with Crippen molar-refractivity contribution in [2.24, 2.45) is 0 Å². The summed E-state index contributed by atoms with van der Waals surface area (Å²) in [6.45, 7) is -0.0575. The highest BCUT2D eigenvalue weighted by atomic mass is 79.9. The number of hydrogen-bond donors (Lipinski definition) is 0. The van der Waals surface area contributed by atoms with Crippen LogP contribution in [0, 0.1) is 15.9 Å². The highest BCUT2D eigenvalue weighted by Crippen LogP contribution is 2.25. The van der Waals surface area contributed by atoms with Crippen LogP contribution in [0.4, 0.5) is 10.1 Å². The van der Waals surface area contributed by atoms with Crippen molar-refractivity contribution in [3.05, 3.63) is 69.5 Å². The largest absolute Gasteiger partial charge is 0.488 e. The highest BCUT2D eigenvalue weighted by molar-refractivity contribution is 9.08. The van der Waals surface area contributed by atoms with Crippen LogP contribution in [-0.4, -0.2) is 4.92 Å². The lowest BCUT2D eigenvalue weighted by molar-refractivity contribution is -0.385. The van der Waals surface area contributed by atoms with Gasteiger partial charge >= 0.3 is 0 Å². The third-order valence-electron chi connectivity index (χ3n) is 2.74. The molecule has 4 nitrogen and oxygen atoms in total. The van der Waals surface area contributed by atoms with Crippen molar-refractivity contribution >= 4 is 21.6 Å². The molecular formula is C14H11BrFNO3. The van der Waals surface area contributed by atoms with Crippen molar-refractivity contribution in [3.8, 4) is 5.75 Å². The van der Waals surface area contributed by atoms with E-state index in [9.17, 15) is 14.5 Å². The van der Waals surface area contributed by atoms with Gasteiger partial charge in [-0.3, -0.25) is 10.1 Å². The molecule has 6 heteroatoms. The third kappa shape index (κ3) is 3.33. The Hall–Kier alpha value is -1.95.